The summed E-state index contributed by atoms with van der Waals surface area (Å²) in [5.41, 5.74) is 0.946. The Kier molecular flexibility index (Phi) is 4.61. The maximum atomic E-state index is 12.0. The SMILES string of the molecule is CC(C)CCN1C=NC(/C=C2\CCCN(C)C2=O)C1. The molecule has 19 heavy (non-hydrogen) atoms. The zero-order chi connectivity index (χ0) is 13.8. The molecule has 0 aromatic heterocycles. The number of carbonyl (C=O) groups is 1. The fourth-order valence-electron chi connectivity index (χ4n) is 2.53. The molecule has 106 valence electrons. The molecule has 1 atom stereocenters. The van der Waals surface area contributed by atoms with Gasteiger partial charge in [-0.05, 0) is 31.3 Å². The number of hydrogen-bond acceptors (Lipinski definition) is 3. The zero-order valence-electron chi connectivity index (χ0n) is 12.3. The summed E-state index contributed by atoms with van der Waals surface area (Å²) in [7, 11) is 1.88. The molecule has 0 saturated carbocycles. The average Bonchev–Trinajstić information content (AvgIpc) is 2.80. The second-order valence-corrected chi connectivity index (χ2v) is 6.03. The molecule has 2 aliphatic rings. The van der Waals surface area contributed by atoms with Gasteiger partial charge in [0.25, 0.3) is 0 Å². The summed E-state index contributed by atoms with van der Waals surface area (Å²) >= 11 is 0. The van der Waals surface area contributed by atoms with Crippen LogP contribution < -0.4 is 0 Å². The van der Waals surface area contributed by atoms with E-state index in [-0.39, 0.29) is 11.9 Å². The lowest BCUT2D eigenvalue weighted by Gasteiger charge is -2.25. The van der Waals surface area contributed by atoms with E-state index in [0.717, 1.165) is 44.0 Å². The number of hydrogen-bond donors (Lipinski definition) is 0. The molecular weight excluding hydrogens is 238 g/mol. The number of nitrogens with zero attached hydrogens (tertiary/aromatic N) is 3. The van der Waals surface area contributed by atoms with Crippen LogP contribution in [0.1, 0.15) is 33.1 Å². The van der Waals surface area contributed by atoms with E-state index in [1.165, 1.54) is 6.42 Å². The van der Waals surface area contributed by atoms with Gasteiger partial charge in [-0.1, -0.05) is 13.8 Å². The maximum Gasteiger partial charge on any atom is 0.249 e. The van der Waals surface area contributed by atoms with Crippen molar-refractivity contribution in [2.75, 3.05) is 26.7 Å². The van der Waals surface area contributed by atoms with E-state index in [0.29, 0.717) is 0 Å². The minimum absolute atomic E-state index is 0.164. The molecule has 2 heterocycles. The van der Waals surface area contributed by atoms with Crippen molar-refractivity contribution in [3.63, 3.8) is 0 Å². The Hall–Kier alpha value is -1.32. The third kappa shape index (κ3) is 3.82. The summed E-state index contributed by atoms with van der Waals surface area (Å²) in [6.07, 6.45) is 7.19. The maximum absolute atomic E-state index is 12.0. The van der Waals surface area contributed by atoms with Crippen LogP contribution in [-0.4, -0.2) is 54.8 Å². The molecular formula is C15H25N3O. The summed E-state index contributed by atoms with van der Waals surface area (Å²) < 4.78 is 0. The smallest absolute Gasteiger partial charge is 0.249 e. The van der Waals surface area contributed by atoms with Gasteiger partial charge in [0.1, 0.15) is 0 Å². The number of likely N-dealkylation sites (tertiary alicyclic amines) is 1. The summed E-state index contributed by atoms with van der Waals surface area (Å²) in [6, 6.07) is 0.164. The van der Waals surface area contributed by atoms with Gasteiger partial charge in [0.05, 0.1) is 12.4 Å². The van der Waals surface area contributed by atoms with Crippen LogP contribution in [0.2, 0.25) is 0 Å². The number of likely N-dealkylation sites (N-methyl/N-ethyl adjacent to an activating group) is 1. The Labute approximate surface area is 116 Å². The Morgan fingerprint density at radius 1 is 1.53 bits per heavy atom. The van der Waals surface area contributed by atoms with E-state index in [1.807, 2.05) is 18.3 Å². The number of aliphatic imine (C=N–C) groups is 1. The van der Waals surface area contributed by atoms with Crippen LogP contribution in [0.4, 0.5) is 0 Å². The summed E-state index contributed by atoms with van der Waals surface area (Å²) in [6.45, 7) is 7.35. The highest BCUT2D eigenvalue weighted by atomic mass is 16.2. The van der Waals surface area contributed by atoms with E-state index >= 15 is 0 Å². The number of carbonyl (C=O) groups excluding carboxylic acids is 1. The van der Waals surface area contributed by atoms with Crippen molar-refractivity contribution in [3.8, 4) is 0 Å². The fraction of sp³-hybridized carbons (Fsp3) is 0.733. The molecule has 1 saturated heterocycles. The molecule has 1 fully saturated rings. The van der Waals surface area contributed by atoms with Gasteiger partial charge in [-0.25, -0.2) is 0 Å². The van der Waals surface area contributed by atoms with Gasteiger partial charge in [-0.2, -0.15) is 0 Å². The molecule has 4 heteroatoms. The molecule has 0 spiro atoms. The van der Waals surface area contributed by atoms with Crippen LogP contribution in [0.3, 0.4) is 0 Å². The molecule has 1 unspecified atom stereocenters. The monoisotopic (exact) mass is 263 g/mol. The second kappa shape index (κ2) is 6.22. The second-order valence-electron chi connectivity index (χ2n) is 6.03. The molecule has 0 bridgehead atoms. The number of rotatable bonds is 4. The lowest BCUT2D eigenvalue weighted by atomic mass is 10.0. The van der Waals surface area contributed by atoms with Gasteiger partial charge in [0.15, 0.2) is 0 Å². The lowest BCUT2D eigenvalue weighted by molar-refractivity contribution is -0.127. The van der Waals surface area contributed by atoms with Crippen molar-refractivity contribution in [1.29, 1.82) is 0 Å². The predicted octanol–water partition coefficient (Wildman–Crippen LogP) is 1.92. The van der Waals surface area contributed by atoms with Crippen molar-refractivity contribution < 1.29 is 4.79 Å². The highest BCUT2D eigenvalue weighted by molar-refractivity contribution is 5.94. The lowest BCUT2D eigenvalue weighted by Crippen LogP contribution is -2.34. The van der Waals surface area contributed by atoms with Gasteiger partial charge in [-0.15, -0.1) is 0 Å². The Morgan fingerprint density at radius 2 is 2.32 bits per heavy atom. The summed E-state index contributed by atoms with van der Waals surface area (Å²) in [5, 5.41) is 0. The molecule has 0 aromatic rings. The summed E-state index contributed by atoms with van der Waals surface area (Å²) in [5.74, 6) is 0.904. The van der Waals surface area contributed by atoms with Crippen LogP contribution in [0.5, 0.6) is 0 Å². The van der Waals surface area contributed by atoms with E-state index in [4.69, 9.17) is 0 Å². The van der Waals surface area contributed by atoms with Crippen molar-refractivity contribution in [2.45, 2.75) is 39.2 Å². The number of piperidine rings is 1. The van der Waals surface area contributed by atoms with Crippen molar-refractivity contribution >= 4 is 12.2 Å². The molecule has 0 radical (unpaired) electrons. The number of amides is 1. The molecule has 4 nitrogen and oxygen atoms in total. The van der Waals surface area contributed by atoms with Crippen molar-refractivity contribution in [2.24, 2.45) is 10.9 Å². The molecule has 0 N–H and O–H groups in total. The minimum Gasteiger partial charge on any atom is -0.360 e. The van der Waals surface area contributed by atoms with Crippen LogP contribution in [0, 0.1) is 5.92 Å². The molecule has 0 aromatic carbocycles. The predicted molar refractivity (Wildman–Crippen MR) is 78.3 cm³/mol. The minimum atomic E-state index is 0.164. The van der Waals surface area contributed by atoms with Gasteiger partial charge in [0.2, 0.25) is 5.91 Å². The van der Waals surface area contributed by atoms with Crippen LogP contribution >= 0.6 is 0 Å². The standard InChI is InChI=1S/C15H25N3O/c1-12(2)6-8-18-10-14(16-11-18)9-13-5-4-7-17(3)15(13)19/h9,11-12,14H,4-8,10H2,1-3H3/b13-9+. The largest absolute Gasteiger partial charge is 0.360 e. The normalized spacial score (nSPS) is 26.0. The molecule has 0 aliphatic carbocycles. The van der Waals surface area contributed by atoms with E-state index < -0.39 is 0 Å². The first-order valence-corrected chi connectivity index (χ1v) is 7.29. The molecule has 1 amide bonds. The van der Waals surface area contributed by atoms with Crippen molar-refractivity contribution in [1.82, 2.24) is 9.80 Å². The Morgan fingerprint density at radius 3 is 3.05 bits per heavy atom. The summed E-state index contributed by atoms with van der Waals surface area (Å²) in [4.78, 5) is 20.6. The van der Waals surface area contributed by atoms with Gasteiger partial charge in [0, 0.05) is 32.3 Å². The van der Waals surface area contributed by atoms with Gasteiger partial charge < -0.3 is 9.80 Å². The highest BCUT2D eigenvalue weighted by Crippen LogP contribution is 2.18. The van der Waals surface area contributed by atoms with Crippen molar-refractivity contribution in [3.05, 3.63) is 11.6 Å². The fourth-order valence-corrected chi connectivity index (χ4v) is 2.53. The van der Waals surface area contributed by atoms with Crippen LogP contribution in [0.25, 0.3) is 0 Å². The van der Waals surface area contributed by atoms with Crippen LogP contribution in [-0.2, 0) is 4.79 Å². The van der Waals surface area contributed by atoms with E-state index in [9.17, 15) is 4.79 Å². The third-order valence-corrected chi connectivity index (χ3v) is 3.79. The quantitative estimate of drug-likeness (QED) is 0.727. The highest BCUT2D eigenvalue weighted by Gasteiger charge is 2.23. The first-order valence-electron chi connectivity index (χ1n) is 7.29. The average molecular weight is 263 g/mol. The Bertz CT molecular complexity index is 387. The van der Waals surface area contributed by atoms with Gasteiger partial charge in [-0.3, -0.25) is 9.79 Å². The zero-order valence-corrected chi connectivity index (χ0v) is 12.3. The first kappa shape index (κ1) is 14.1. The van der Waals surface area contributed by atoms with Crippen LogP contribution in [0.15, 0.2) is 16.6 Å². The molecule has 2 rings (SSSR count). The van der Waals surface area contributed by atoms with E-state index in [1.54, 1.807) is 0 Å². The first-order chi connectivity index (χ1) is 9.06. The third-order valence-electron chi connectivity index (χ3n) is 3.79. The van der Waals surface area contributed by atoms with E-state index in [2.05, 4.69) is 29.8 Å². The Balaban J connectivity index is 1.87. The topological polar surface area (TPSA) is 35.9 Å². The van der Waals surface area contributed by atoms with Gasteiger partial charge >= 0.3 is 0 Å². The molecule has 2 aliphatic heterocycles.